The first-order chi connectivity index (χ1) is 12.1. The van der Waals surface area contributed by atoms with Gasteiger partial charge in [-0.05, 0) is 24.0 Å². The SMILES string of the molecule is C[C@@H](OC(=O)c1cccc([N+](=O)[O-])c1)C(=O)c1ccc(C(C)(C)C)cc1. The van der Waals surface area contributed by atoms with Gasteiger partial charge < -0.3 is 4.74 Å². The van der Waals surface area contributed by atoms with Gasteiger partial charge >= 0.3 is 5.97 Å². The van der Waals surface area contributed by atoms with Gasteiger partial charge in [0.2, 0.25) is 5.78 Å². The number of carbonyl (C=O) groups excluding carboxylic acids is 2. The monoisotopic (exact) mass is 355 g/mol. The van der Waals surface area contributed by atoms with Gasteiger partial charge in [-0.25, -0.2) is 4.79 Å². The fraction of sp³-hybridized carbons (Fsp3) is 0.300. The molecule has 6 heteroatoms. The van der Waals surface area contributed by atoms with E-state index in [-0.39, 0.29) is 22.4 Å². The van der Waals surface area contributed by atoms with Crippen LogP contribution in [0.15, 0.2) is 48.5 Å². The third kappa shape index (κ3) is 4.53. The van der Waals surface area contributed by atoms with Crippen molar-refractivity contribution in [1.82, 2.24) is 0 Å². The van der Waals surface area contributed by atoms with Crippen molar-refractivity contribution in [1.29, 1.82) is 0 Å². The van der Waals surface area contributed by atoms with E-state index in [1.54, 1.807) is 12.1 Å². The topological polar surface area (TPSA) is 86.5 Å². The zero-order valence-corrected chi connectivity index (χ0v) is 15.2. The quantitative estimate of drug-likeness (QED) is 0.345. The zero-order valence-electron chi connectivity index (χ0n) is 15.2. The first-order valence-electron chi connectivity index (χ1n) is 8.20. The Labute approximate surface area is 151 Å². The Morgan fingerprint density at radius 3 is 2.19 bits per heavy atom. The van der Waals surface area contributed by atoms with E-state index < -0.39 is 17.0 Å². The van der Waals surface area contributed by atoms with Crippen LogP contribution >= 0.6 is 0 Å². The molecule has 0 saturated carbocycles. The lowest BCUT2D eigenvalue weighted by molar-refractivity contribution is -0.384. The molecule has 2 aromatic rings. The van der Waals surface area contributed by atoms with E-state index in [1.807, 2.05) is 12.1 Å². The van der Waals surface area contributed by atoms with Crippen LogP contribution in [0.2, 0.25) is 0 Å². The first-order valence-corrected chi connectivity index (χ1v) is 8.20. The molecule has 136 valence electrons. The van der Waals surface area contributed by atoms with E-state index in [1.165, 1.54) is 25.1 Å². The van der Waals surface area contributed by atoms with Crippen LogP contribution in [0.25, 0.3) is 0 Å². The molecule has 0 N–H and O–H groups in total. The zero-order chi connectivity index (χ0) is 19.5. The molecule has 6 nitrogen and oxygen atoms in total. The fourth-order valence-corrected chi connectivity index (χ4v) is 2.40. The van der Waals surface area contributed by atoms with Gasteiger partial charge in [-0.2, -0.15) is 0 Å². The first kappa shape index (κ1) is 19.3. The maximum Gasteiger partial charge on any atom is 0.339 e. The number of Topliss-reactive ketones (excluding diaryl/α,β-unsaturated/α-hetero) is 1. The highest BCUT2D eigenvalue weighted by Crippen LogP contribution is 2.23. The number of hydrogen-bond acceptors (Lipinski definition) is 5. The lowest BCUT2D eigenvalue weighted by Crippen LogP contribution is -2.24. The van der Waals surface area contributed by atoms with Crippen LogP contribution in [0.5, 0.6) is 0 Å². The van der Waals surface area contributed by atoms with Crippen LogP contribution in [-0.4, -0.2) is 22.8 Å². The largest absolute Gasteiger partial charge is 0.451 e. The molecular formula is C20H21NO5. The van der Waals surface area contributed by atoms with Gasteiger partial charge in [-0.15, -0.1) is 0 Å². The second-order valence-electron chi connectivity index (χ2n) is 7.05. The van der Waals surface area contributed by atoms with Crippen LogP contribution < -0.4 is 0 Å². The summed E-state index contributed by atoms with van der Waals surface area (Å²) in [6.45, 7) is 7.71. The van der Waals surface area contributed by atoms with Crippen molar-refractivity contribution in [2.24, 2.45) is 0 Å². The average molecular weight is 355 g/mol. The van der Waals surface area contributed by atoms with Crippen molar-refractivity contribution >= 4 is 17.4 Å². The van der Waals surface area contributed by atoms with E-state index >= 15 is 0 Å². The summed E-state index contributed by atoms with van der Waals surface area (Å²) in [5, 5.41) is 10.8. The number of nitrogens with zero attached hydrogens (tertiary/aromatic N) is 1. The molecule has 0 amide bonds. The molecule has 0 unspecified atom stereocenters. The standard InChI is InChI=1S/C20H21NO5/c1-13(18(22)14-8-10-16(11-9-14)20(2,3)4)26-19(23)15-6-5-7-17(12-15)21(24)25/h5-13H,1-4H3/t13-/m1/s1. The van der Waals surface area contributed by atoms with Crippen LogP contribution in [-0.2, 0) is 10.2 Å². The van der Waals surface area contributed by atoms with Crippen molar-refractivity contribution in [2.75, 3.05) is 0 Å². The summed E-state index contributed by atoms with van der Waals surface area (Å²) in [4.78, 5) is 34.8. The van der Waals surface area contributed by atoms with Gasteiger partial charge in [-0.3, -0.25) is 14.9 Å². The second-order valence-corrected chi connectivity index (χ2v) is 7.05. The minimum atomic E-state index is -0.998. The number of rotatable bonds is 5. The highest BCUT2D eigenvalue weighted by atomic mass is 16.6. The summed E-state index contributed by atoms with van der Waals surface area (Å²) in [6, 6.07) is 12.4. The molecule has 0 aliphatic carbocycles. The number of carbonyl (C=O) groups is 2. The molecule has 0 aromatic heterocycles. The molecule has 0 fully saturated rings. The van der Waals surface area contributed by atoms with Gasteiger partial charge in [0.05, 0.1) is 10.5 Å². The average Bonchev–Trinajstić information content (AvgIpc) is 2.60. The lowest BCUT2D eigenvalue weighted by atomic mass is 9.86. The predicted molar refractivity (Wildman–Crippen MR) is 97.4 cm³/mol. The minimum Gasteiger partial charge on any atom is -0.451 e. The van der Waals surface area contributed by atoms with Crippen LogP contribution in [0.4, 0.5) is 5.69 Å². The number of nitro groups is 1. The molecule has 0 heterocycles. The van der Waals surface area contributed by atoms with Gasteiger partial charge in [0.25, 0.3) is 5.69 Å². The molecule has 0 bridgehead atoms. The van der Waals surface area contributed by atoms with E-state index in [9.17, 15) is 19.7 Å². The van der Waals surface area contributed by atoms with Gasteiger partial charge in [0.1, 0.15) is 0 Å². The van der Waals surface area contributed by atoms with Crippen molar-refractivity contribution in [3.63, 3.8) is 0 Å². The Morgan fingerprint density at radius 1 is 1.04 bits per heavy atom. The molecule has 26 heavy (non-hydrogen) atoms. The summed E-state index contributed by atoms with van der Waals surface area (Å²) < 4.78 is 5.17. The highest BCUT2D eigenvalue weighted by molar-refractivity contribution is 6.01. The molecule has 0 aliphatic heterocycles. The molecule has 0 radical (unpaired) electrons. The van der Waals surface area contributed by atoms with Crippen LogP contribution in [0.3, 0.4) is 0 Å². The van der Waals surface area contributed by atoms with Crippen LogP contribution in [0.1, 0.15) is 54.0 Å². The molecule has 2 rings (SSSR count). The Hall–Kier alpha value is -3.02. The number of non-ortho nitro benzene ring substituents is 1. The van der Waals surface area contributed by atoms with Crippen molar-refractivity contribution in [2.45, 2.75) is 39.2 Å². The molecule has 0 spiro atoms. The van der Waals surface area contributed by atoms with Gasteiger partial charge in [-0.1, -0.05) is 51.1 Å². The van der Waals surface area contributed by atoms with Crippen molar-refractivity contribution in [3.8, 4) is 0 Å². The second kappa shape index (κ2) is 7.47. The summed E-state index contributed by atoms with van der Waals surface area (Å²) in [7, 11) is 0. The maximum atomic E-state index is 12.5. The van der Waals surface area contributed by atoms with Gasteiger partial charge in [0, 0.05) is 17.7 Å². The third-order valence-electron chi connectivity index (χ3n) is 3.98. The predicted octanol–water partition coefficient (Wildman–Crippen LogP) is 4.32. The van der Waals surface area contributed by atoms with E-state index in [0.717, 1.165) is 11.6 Å². The number of benzene rings is 2. The summed E-state index contributed by atoms with van der Waals surface area (Å²) in [6.07, 6.45) is -0.998. The van der Waals surface area contributed by atoms with Gasteiger partial charge in [0.15, 0.2) is 6.10 Å². The molecular weight excluding hydrogens is 334 g/mol. The number of esters is 1. The Kier molecular flexibility index (Phi) is 5.55. The number of hydrogen-bond donors (Lipinski definition) is 0. The summed E-state index contributed by atoms with van der Waals surface area (Å²) >= 11 is 0. The molecule has 1 atom stereocenters. The Morgan fingerprint density at radius 2 is 1.65 bits per heavy atom. The third-order valence-corrected chi connectivity index (χ3v) is 3.98. The fourth-order valence-electron chi connectivity index (χ4n) is 2.40. The van der Waals surface area contributed by atoms with Crippen molar-refractivity contribution < 1.29 is 19.2 Å². The minimum absolute atomic E-state index is 0.0261. The summed E-state index contributed by atoms with van der Waals surface area (Å²) in [5.41, 5.74) is 1.33. The molecule has 0 aliphatic rings. The highest BCUT2D eigenvalue weighted by Gasteiger charge is 2.22. The molecule has 2 aromatic carbocycles. The number of nitro benzene ring substituents is 1. The van der Waals surface area contributed by atoms with Crippen molar-refractivity contribution in [3.05, 3.63) is 75.3 Å². The van der Waals surface area contributed by atoms with E-state index in [4.69, 9.17) is 4.74 Å². The van der Waals surface area contributed by atoms with Crippen LogP contribution in [0, 0.1) is 10.1 Å². The maximum absolute atomic E-state index is 12.5. The van der Waals surface area contributed by atoms with E-state index in [0.29, 0.717) is 5.56 Å². The normalized spacial score (nSPS) is 12.3. The number of ether oxygens (including phenoxy) is 1. The Bertz CT molecular complexity index is 834. The smallest absolute Gasteiger partial charge is 0.339 e. The Balaban J connectivity index is 2.10. The lowest BCUT2D eigenvalue weighted by Gasteiger charge is -2.19. The van der Waals surface area contributed by atoms with E-state index in [2.05, 4.69) is 20.8 Å². The molecule has 0 saturated heterocycles. The number of ketones is 1. The summed E-state index contributed by atoms with van der Waals surface area (Å²) in [5.74, 6) is -1.11.